The Morgan fingerprint density at radius 2 is 2.00 bits per heavy atom. The molecule has 0 aromatic heterocycles. The fourth-order valence-corrected chi connectivity index (χ4v) is 2.20. The van der Waals surface area contributed by atoms with E-state index >= 15 is 0 Å². The summed E-state index contributed by atoms with van der Waals surface area (Å²) in [6.45, 7) is 1.83. The van der Waals surface area contributed by atoms with E-state index in [0.29, 0.717) is 10.2 Å². The summed E-state index contributed by atoms with van der Waals surface area (Å²) in [5.74, 6) is -0.429. The zero-order valence-electron chi connectivity index (χ0n) is 11.0. The van der Waals surface area contributed by atoms with E-state index in [4.69, 9.17) is 10.5 Å². The van der Waals surface area contributed by atoms with Gasteiger partial charge in [0.05, 0.1) is 9.40 Å². The van der Waals surface area contributed by atoms with Crippen LogP contribution in [0.3, 0.4) is 0 Å². The van der Waals surface area contributed by atoms with Gasteiger partial charge in [0.1, 0.15) is 11.6 Å². The predicted octanol–water partition coefficient (Wildman–Crippen LogP) is 4.31. The number of hydrogen-bond acceptors (Lipinski definition) is 4. The van der Waals surface area contributed by atoms with Gasteiger partial charge in [0, 0.05) is 18.2 Å². The number of nitro groups is 1. The highest BCUT2D eigenvalue weighted by Crippen LogP contribution is 2.36. The van der Waals surface area contributed by atoms with Crippen LogP contribution in [-0.2, 0) is 0 Å². The molecule has 0 amide bonds. The van der Waals surface area contributed by atoms with Gasteiger partial charge in [-0.3, -0.25) is 10.1 Å². The molecule has 5 nitrogen and oxygen atoms in total. The lowest BCUT2D eigenvalue weighted by atomic mass is 10.1. The minimum Gasteiger partial charge on any atom is -0.449 e. The lowest BCUT2D eigenvalue weighted by Crippen LogP contribution is -2.04. The Bertz CT molecular complexity index is 692. The zero-order chi connectivity index (χ0) is 15.6. The number of nitro benzene ring substituents is 1. The maximum atomic E-state index is 13.3. The van der Waals surface area contributed by atoms with E-state index in [1.165, 1.54) is 0 Å². The van der Waals surface area contributed by atoms with E-state index in [0.717, 1.165) is 23.8 Å². The van der Waals surface area contributed by atoms with Crippen LogP contribution in [0.1, 0.15) is 18.5 Å². The molecule has 2 aromatic rings. The second-order valence-electron chi connectivity index (χ2n) is 4.45. The standard InChI is InChI=1S/C14H12BrFN2O3/c1-8(17)9-2-5-13(11(15)6-9)21-14-7-10(16)3-4-12(14)18(19)20/h2-8H,17H2,1H3/t8-/m1/s1. The Hall–Kier alpha value is -1.99. The normalized spacial score (nSPS) is 12.0. The fraction of sp³-hybridized carbons (Fsp3) is 0.143. The SMILES string of the molecule is C[C@@H](N)c1ccc(Oc2cc(F)ccc2[N+](=O)[O-])c(Br)c1. The molecule has 2 N–H and O–H groups in total. The molecule has 110 valence electrons. The third-order valence-corrected chi connectivity index (χ3v) is 3.44. The van der Waals surface area contributed by atoms with Gasteiger partial charge in [-0.2, -0.15) is 0 Å². The summed E-state index contributed by atoms with van der Waals surface area (Å²) in [6.07, 6.45) is 0. The summed E-state index contributed by atoms with van der Waals surface area (Å²) < 4.78 is 19.3. The first kappa shape index (κ1) is 15.4. The molecule has 0 spiro atoms. The summed E-state index contributed by atoms with van der Waals surface area (Å²) >= 11 is 3.31. The molecule has 0 bridgehead atoms. The topological polar surface area (TPSA) is 78.4 Å². The van der Waals surface area contributed by atoms with Crippen molar-refractivity contribution in [3.63, 3.8) is 0 Å². The molecule has 1 atom stereocenters. The Morgan fingerprint density at radius 1 is 1.29 bits per heavy atom. The molecule has 2 rings (SSSR count). The molecule has 0 unspecified atom stereocenters. The molecule has 0 aliphatic heterocycles. The van der Waals surface area contributed by atoms with Crippen molar-refractivity contribution in [3.8, 4) is 11.5 Å². The summed E-state index contributed by atoms with van der Waals surface area (Å²) in [6, 6.07) is 8.02. The average molecular weight is 355 g/mol. The van der Waals surface area contributed by atoms with Crippen LogP contribution in [-0.4, -0.2) is 4.92 Å². The lowest BCUT2D eigenvalue weighted by molar-refractivity contribution is -0.385. The van der Waals surface area contributed by atoms with Crippen LogP contribution >= 0.6 is 15.9 Å². The highest BCUT2D eigenvalue weighted by atomic mass is 79.9. The molecule has 0 saturated carbocycles. The molecule has 0 aliphatic carbocycles. The number of nitrogens with two attached hydrogens (primary N) is 1. The molecule has 2 aromatic carbocycles. The van der Waals surface area contributed by atoms with Crippen molar-refractivity contribution in [1.29, 1.82) is 0 Å². The number of ether oxygens (including phenoxy) is 1. The van der Waals surface area contributed by atoms with Crippen molar-refractivity contribution in [2.24, 2.45) is 5.73 Å². The largest absolute Gasteiger partial charge is 0.449 e. The Morgan fingerprint density at radius 3 is 2.57 bits per heavy atom. The van der Waals surface area contributed by atoms with Crippen LogP contribution in [0.2, 0.25) is 0 Å². The highest BCUT2D eigenvalue weighted by molar-refractivity contribution is 9.10. The van der Waals surface area contributed by atoms with Gasteiger partial charge in [0.15, 0.2) is 0 Å². The number of halogens is 2. The molecule has 0 heterocycles. The molecule has 0 radical (unpaired) electrons. The first-order valence-electron chi connectivity index (χ1n) is 6.05. The van der Waals surface area contributed by atoms with E-state index in [1.54, 1.807) is 18.2 Å². The van der Waals surface area contributed by atoms with Crippen molar-refractivity contribution in [2.45, 2.75) is 13.0 Å². The van der Waals surface area contributed by atoms with Gasteiger partial charge < -0.3 is 10.5 Å². The quantitative estimate of drug-likeness (QED) is 0.655. The van der Waals surface area contributed by atoms with Gasteiger partial charge in [0.2, 0.25) is 5.75 Å². The van der Waals surface area contributed by atoms with Crippen LogP contribution in [0.25, 0.3) is 0 Å². The smallest absolute Gasteiger partial charge is 0.311 e. The van der Waals surface area contributed by atoms with Crippen LogP contribution in [0.15, 0.2) is 40.9 Å². The van der Waals surface area contributed by atoms with Crippen molar-refractivity contribution >= 4 is 21.6 Å². The van der Waals surface area contributed by atoms with Gasteiger partial charge >= 0.3 is 5.69 Å². The molecule has 21 heavy (non-hydrogen) atoms. The van der Waals surface area contributed by atoms with Gasteiger partial charge in [-0.1, -0.05) is 6.07 Å². The van der Waals surface area contributed by atoms with E-state index in [9.17, 15) is 14.5 Å². The summed E-state index contributed by atoms with van der Waals surface area (Å²) in [7, 11) is 0. The minimum absolute atomic E-state index is 0.154. The van der Waals surface area contributed by atoms with Crippen molar-refractivity contribution in [3.05, 3.63) is 62.4 Å². The maximum Gasteiger partial charge on any atom is 0.311 e. The fourth-order valence-electron chi connectivity index (χ4n) is 1.72. The Kier molecular flexibility index (Phi) is 4.54. The number of rotatable bonds is 4. The second-order valence-corrected chi connectivity index (χ2v) is 5.30. The van der Waals surface area contributed by atoms with E-state index < -0.39 is 10.7 Å². The first-order chi connectivity index (χ1) is 9.88. The number of nitrogens with zero attached hydrogens (tertiary/aromatic N) is 1. The minimum atomic E-state index is -0.626. The average Bonchev–Trinajstić information content (AvgIpc) is 2.40. The van der Waals surface area contributed by atoms with Crippen molar-refractivity contribution in [2.75, 3.05) is 0 Å². The zero-order valence-corrected chi connectivity index (χ0v) is 12.6. The summed E-state index contributed by atoms with van der Waals surface area (Å²) in [5.41, 5.74) is 6.34. The van der Waals surface area contributed by atoms with Crippen molar-refractivity contribution < 1.29 is 14.1 Å². The Labute approximate surface area is 128 Å². The molecular weight excluding hydrogens is 343 g/mol. The third-order valence-electron chi connectivity index (χ3n) is 2.82. The van der Waals surface area contributed by atoms with E-state index in [2.05, 4.69) is 15.9 Å². The van der Waals surface area contributed by atoms with Crippen LogP contribution in [0.4, 0.5) is 10.1 Å². The van der Waals surface area contributed by atoms with Crippen LogP contribution in [0, 0.1) is 15.9 Å². The van der Waals surface area contributed by atoms with Gasteiger partial charge in [-0.15, -0.1) is 0 Å². The first-order valence-corrected chi connectivity index (χ1v) is 6.84. The predicted molar refractivity (Wildman–Crippen MR) is 79.9 cm³/mol. The molecule has 0 saturated heterocycles. The molecule has 7 heteroatoms. The van der Waals surface area contributed by atoms with Crippen LogP contribution in [0.5, 0.6) is 11.5 Å². The molecule has 0 aliphatic rings. The van der Waals surface area contributed by atoms with Crippen LogP contribution < -0.4 is 10.5 Å². The van der Waals surface area contributed by atoms with Crippen molar-refractivity contribution in [1.82, 2.24) is 0 Å². The summed E-state index contributed by atoms with van der Waals surface area (Å²) in [4.78, 5) is 10.3. The van der Waals surface area contributed by atoms with E-state index in [-0.39, 0.29) is 17.5 Å². The van der Waals surface area contributed by atoms with Gasteiger partial charge in [-0.25, -0.2) is 4.39 Å². The number of hydrogen-bond donors (Lipinski definition) is 1. The molecular formula is C14H12BrFN2O3. The van der Waals surface area contributed by atoms with Gasteiger partial charge in [-0.05, 0) is 46.6 Å². The second kappa shape index (κ2) is 6.19. The lowest BCUT2D eigenvalue weighted by Gasteiger charge is -2.11. The monoisotopic (exact) mass is 354 g/mol. The molecule has 0 fully saturated rings. The third kappa shape index (κ3) is 3.56. The highest BCUT2D eigenvalue weighted by Gasteiger charge is 2.18. The van der Waals surface area contributed by atoms with E-state index in [1.807, 2.05) is 6.92 Å². The summed E-state index contributed by atoms with van der Waals surface area (Å²) in [5, 5.41) is 10.9. The number of benzene rings is 2. The Balaban J connectivity index is 2.38. The van der Waals surface area contributed by atoms with Gasteiger partial charge in [0.25, 0.3) is 0 Å². The maximum absolute atomic E-state index is 13.3.